The van der Waals surface area contributed by atoms with E-state index in [1.807, 2.05) is 0 Å². The summed E-state index contributed by atoms with van der Waals surface area (Å²) in [7, 11) is 0. The van der Waals surface area contributed by atoms with Gasteiger partial charge in [-0.2, -0.15) is 0 Å². The molecule has 9 heteroatoms. The van der Waals surface area contributed by atoms with Crippen LogP contribution in [-0.4, -0.2) is 76.7 Å². The summed E-state index contributed by atoms with van der Waals surface area (Å²) in [6.45, 7) is 5.13. The maximum absolute atomic E-state index is 13.5. The predicted octanol–water partition coefficient (Wildman–Crippen LogP) is 1.77. The molecule has 6 atom stereocenters. The Morgan fingerprint density at radius 3 is 2.71 bits per heavy atom. The lowest BCUT2D eigenvalue weighted by Crippen LogP contribution is -2.56. The first kappa shape index (κ1) is 24.5. The van der Waals surface area contributed by atoms with Crippen molar-refractivity contribution in [1.29, 1.82) is 0 Å². The van der Waals surface area contributed by atoms with E-state index in [-0.39, 0.29) is 29.9 Å². The van der Waals surface area contributed by atoms with Crippen molar-refractivity contribution in [1.82, 2.24) is 10.2 Å². The summed E-state index contributed by atoms with van der Waals surface area (Å²) in [5.41, 5.74) is -1.01. The Labute approximate surface area is 192 Å². The number of ether oxygens (including phenoxy) is 2. The molecule has 31 heavy (non-hydrogen) atoms. The zero-order chi connectivity index (χ0) is 22.6. The Balaban J connectivity index is 1.86. The molecule has 1 unspecified atom stereocenters. The van der Waals surface area contributed by atoms with Gasteiger partial charge >= 0.3 is 5.97 Å². The molecule has 3 rings (SSSR count). The number of aliphatic hydroxyl groups is 1. The number of nitrogens with zero attached hydrogens (tertiary/aromatic N) is 1. The highest BCUT2D eigenvalue weighted by molar-refractivity contribution is 9.09. The number of amides is 2. The van der Waals surface area contributed by atoms with Crippen molar-refractivity contribution in [3.05, 3.63) is 0 Å². The number of fused-ring (bicyclic) bond motifs is 1. The van der Waals surface area contributed by atoms with Gasteiger partial charge in [0.1, 0.15) is 11.6 Å². The van der Waals surface area contributed by atoms with E-state index in [1.54, 1.807) is 11.8 Å². The van der Waals surface area contributed by atoms with Gasteiger partial charge in [-0.05, 0) is 39.0 Å². The minimum atomic E-state index is -1.01. The first-order chi connectivity index (χ1) is 14.9. The zero-order valence-corrected chi connectivity index (χ0v) is 20.1. The van der Waals surface area contributed by atoms with Crippen LogP contribution in [0, 0.1) is 11.8 Å². The average molecular weight is 503 g/mol. The molecule has 3 aliphatic rings. The molecule has 176 valence electrons. The summed E-state index contributed by atoms with van der Waals surface area (Å²) in [6, 6.07) is -0.759. The Hall–Kier alpha value is -1.19. The molecule has 0 saturated carbocycles. The summed E-state index contributed by atoms with van der Waals surface area (Å²) >= 11 is 3.63. The van der Waals surface area contributed by atoms with E-state index in [2.05, 4.69) is 28.2 Å². The van der Waals surface area contributed by atoms with E-state index in [4.69, 9.17) is 14.6 Å². The number of rotatable bonds is 12. The number of carbonyl (C=O) groups is 3. The van der Waals surface area contributed by atoms with Gasteiger partial charge in [0.05, 0.1) is 24.5 Å². The van der Waals surface area contributed by atoms with Crippen LogP contribution in [0.5, 0.6) is 0 Å². The van der Waals surface area contributed by atoms with E-state index in [0.29, 0.717) is 32.4 Å². The molecule has 0 aromatic carbocycles. The number of esters is 1. The highest BCUT2D eigenvalue weighted by atomic mass is 79.9. The van der Waals surface area contributed by atoms with Crippen LogP contribution in [0.3, 0.4) is 0 Å². The van der Waals surface area contributed by atoms with Crippen molar-refractivity contribution in [3.63, 3.8) is 0 Å². The summed E-state index contributed by atoms with van der Waals surface area (Å²) in [6.07, 6.45) is 5.08. The van der Waals surface area contributed by atoms with Crippen LogP contribution >= 0.6 is 15.9 Å². The second kappa shape index (κ2) is 10.6. The normalized spacial score (nSPS) is 33.6. The Kier molecular flexibility index (Phi) is 8.37. The van der Waals surface area contributed by atoms with Crippen LogP contribution in [0.15, 0.2) is 0 Å². The van der Waals surface area contributed by atoms with Gasteiger partial charge in [-0.3, -0.25) is 14.4 Å². The van der Waals surface area contributed by atoms with Gasteiger partial charge in [0.25, 0.3) is 0 Å². The molecule has 0 aromatic heterocycles. The highest BCUT2D eigenvalue weighted by Gasteiger charge is 2.76. The van der Waals surface area contributed by atoms with Crippen molar-refractivity contribution in [2.45, 2.75) is 81.4 Å². The molecule has 2 amide bonds. The van der Waals surface area contributed by atoms with E-state index >= 15 is 0 Å². The standard InChI is InChI=1S/C22H35BrN2O6/c1-3-5-7-10-24-19(27)18-22-13-14(23)17(31-22)15(21(29)30-4-2)16(22)20(28)25(18)11-8-6-9-12-26/h14-18,26H,3-13H2,1-2H3,(H,24,27)/t14?,15-,16+,17-,18-,22+/m1/s1. The fourth-order valence-electron chi connectivity index (χ4n) is 5.43. The van der Waals surface area contributed by atoms with Crippen molar-refractivity contribution < 1.29 is 29.0 Å². The fraction of sp³-hybridized carbons (Fsp3) is 0.864. The lowest BCUT2D eigenvalue weighted by molar-refractivity contribution is -0.154. The maximum atomic E-state index is 13.5. The molecule has 0 aliphatic carbocycles. The number of unbranched alkanes of at least 4 members (excludes halogenated alkanes) is 4. The lowest BCUT2D eigenvalue weighted by Gasteiger charge is -2.34. The third-order valence-corrected chi connectivity index (χ3v) is 7.58. The summed E-state index contributed by atoms with van der Waals surface area (Å²) in [5, 5.41) is 12.1. The van der Waals surface area contributed by atoms with Crippen molar-refractivity contribution in [2.24, 2.45) is 11.8 Å². The topological polar surface area (TPSA) is 105 Å². The molecular formula is C22H35BrN2O6. The third kappa shape index (κ3) is 4.50. The minimum absolute atomic E-state index is 0.100. The van der Waals surface area contributed by atoms with Gasteiger partial charge in [-0.1, -0.05) is 35.7 Å². The van der Waals surface area contributed by atoms with Crippen molar-refractivity contribution in [3.8, 4) is 0 Å². The first-order valence-corrected chi connectivity index (χ1v) is 12.5. The number of nitrogens with one attached hydrogen (secondary N) is 1. The summed E-state index contributed by atoms with van der Waals surface area (Å²) in [4.78, 5) is 41.1. The predicted molar refractivity (Wildman–Crippen MR) is 118 cm³/mol. The van der Waals surface area contributed by atoms with E-state index in [9.17, 15) is 14.4 Å². The Morgan fingerprint density at radius 2 is 2.03 bits per heavy atom. The van der Waals surface area contributed by atoms with Gasteiger partial charge in [0.15, 0.2) is 0 Å². The number of hydrogen-bond donors (Lipinski definition) is 2. The Bertz CT molecular complexity index is 676. The summed E-state index contributed by atoms with van der Waals surface area (Å²) in [5.74, 6) is -2.24. The third-order valence-electron chi connectivity index (χ3n) is 6.73. The highest BCUT2D eigenvalue weighted by Crippen LogP contribution is 2.60. The molecule has 2 N–H and O–H groups in total. The molecule has 0 radical (unpaired) electrons. The molecule has 2 bridgehead atoms. The minimum Gasteiger partial charge on any atom is -0.466 e. The number of hydrogen-bond acceptors (Lipinski definition) is 6. The fourth-order valence-corrected chi connectivity index (χ4v) is 6.38. The molecule has 3 heterocycles. The SMILES string of the molecule is CCCCCNC(=O)[C@H]1N(CCCCCO)C(=O)[C@@H]2[C@@H](C(=O)OCC)[C@@H]3O[C@@]21CC3Br. The smallest absolute Gasteiger partial charge is 0.312 e. The monoisotopic (exact) mass is 502 g/mol. The average Bonchev–Trinajstić information content (AvgIpc) is 3.32. The van der Waals surface area contributed by atoms with Gasteiger partial charge in [0.2, 0.25) is 11.8 Å². The van der Waals surface area contributed by atoms with E-state index < -0.39 is 35.6 Å². The van der Waals surface area contributed by atoms with Gasteiger partial charge in [-0.15, -0.1) is 0 Å². The van der Waals surface area contributed by atoms with Crippen molar-refractivity contribution >= 4 is 33.7 Å². The van der Waals surface area contributed by atoms with Gasteiger partial charge in [0, 0.05) is 24.5 Å². The quantitative estimate of drug-likeness (QED) is 0.239. The van der Waals surface area contributed by atoms with Crippen LogP contribution in [0.25, 0.3) is 0 Å². The van der Waals surface area contributed by atoms with Gasteiger partial charge < -0.3 is 24.8 Å². The summed E-state index contributed by atoms with van der Waals surface area (Å²) < 4.78 is 11.6. The molecular weight excluding hydrogens is 468 g/mol. The molecule has 3 fully saturated rings. The van der Waals surface area contributed by atoms with Crippen LogP contribution in [-0.2, 0) is 23.9 Å². The van der Waals surface area contributed by atoms with Crippen molar-refractivity contribution in [2.75, 3.05) is 26.3 Å². The van der Waals surface area contributed by atoms with E-state index in [1.165, 1.54) is 0 Å². The molecule has 3 aliphatic heterocycles. The van der Waals surface area contributed by atoms with Crippen LogP contribution in [0.4, 0.5) is 0 Å². The van der Waals surface area contributed by atoms with Crippen LogP contribution in [0.2, 0.25) is 0 Å². The number of carbonyl (C=O) groups excluding carboxylic acids is 3. The lowest BCUT2D eigenvalue weighted by atomic mass is 9.70. The van der Waals surface area contributed by atoms with Gasteiger partial charge in [-0.25, -0.2) is 0 Å². The maximum Gasteiger partial charge on any atom is 0.312 e. The first-order valence-electron chi connectivity index (χ1n) is 11.6. The number of alkyl halides is 1. The number of aliphatic hydroxyl groups excluding tert-OH is 1. The van der Waals surface area contributed by atoms with E-state index in [0.717, 1.165) is 25.7 Å². The van der Waals surface area contributed by atoms with Crippen LogP contribution in [0.1, 0.15) is 58.8 Å². The second-order valence-corrected chi connectivity index (χ2v) is 9.91. The zero-order valence-electron chi connectivity index (χ0n) is 18.5. The number of halogens is 1. The Morgan fingerprint density at radius 1 is 1.26 bits per heavy atom. The molecule has 0 aromatic rings. The molecule has 1 spiro atoms. The molecule has 3 saturated heterocycles. The largest absolute Gasteiger partial charge is 0.466 e. The number of likely N-dealkylation sites (tertiary alicyclic amines) is 1. The second-order valence-electron chi connectivity index (χ2n) is 8.73. The molecule has 8 nitrogen and oxygen atoms in total. The van der Waals surface area contributed by atoms with Crippen LogP contribution < -0.4 is 5.32 Å².